The number of para-hydroxylation sites is 1. The van der Waals surface area contributed by atoms with Crippen LogP contribution in [0.25, 0.3) is 10.9 Å². The number of nitrogens with one attached hydrogen (secondary N) is 1. The predicted molar refractivity (Wildman–Crippen MR) is 124 cm³/mol. The normalized spacial score (nSPS) is 11.1. The third-order valence-electron chi connectivity index (χ3n) is 5.05. The van der Waals surface area contributed by atoms with Crippen molar-refractivity contribution < 1.29 is 9.90 Å². The van der Waals surface area contributed by atoms with Gasteiger partial charge >= 0.3 is 5.97 Å². The van der Waals surface area contributed by atoms with Crippen LogP contribution in [0.15, 0.2) is 77.3 Å². The van der Waals surface area contributed by atoms with Crippen LogP contribution in [0.2, 0.25) is 5.02 Å². The second kappa shape index (κ2) is 9.04. The van der Waals surface area contributed by atoms with Gasteiger partial charge in [-0.15, -0.1) is 0 Å². The molecule has 0 atom stereocenters. The summed E-state index contributed by atoms with van der Waals surface area (Å²) in [7, 11) is 0. The molecule has 1 aromatic heterocycles. The van der Waals surface area contributed by atoms with Crippen LogP contribution in [-0.4, -0.2) is 15.6 Å². The number of carboxylic acids is 1. The van der Waals surface area contributed by atoms with Crippen molar-refractivity contribution in [1.29, 1.82) is 0 Å². The highest BCUT2D eigenvalue weighted by molar-refractivity contribution is 9.10. The Morgan fingerprint density at radius 1 is 0.967 bits per heavy atom. The largest absolute Gasteiger partial charge is 0.477 e. The molecule has 4 nitrogen and oxygen atoms in total. The van der Waals surface area contributed by atoms with Crippen molar-refractivity contribution in [2.45, 2.75) is 19.6 Å². The average molecular weight is 484 g/mol. The average Bonchev–Trinajstić information content (AvgIpc) is 3.04. The number of rotatable bonds is 7. The van der Waals surface area contributed by atoms with Gasteiger partial charge in [-0.25, -0.2) is 4.79 Å². The van der Waals surface area contributed by atoms with Crippen LogP contribution in [0.1, 0.15) is 27.2 Å². The van der Waals surface area contributed by atoms with E-state index in [-0.39, 0.29) is 0 Å². The maximum absolute atomic E-state index is 12.3. The first kappa shape index (κ1) is 20.7. The van der Waals surface area contributed by atoms with Gasteiger partial charge in [-0.1, -0.05) is 70.0 Å². The van der Waals surface area contributed by atoms with E-state index in [2.05, 4.69) is 27.3 Å². The molecule has 4 aromatic rings. The monoisotopic (exact) mass is 482 g/mol. The quantitative estimate of drug-likeness (QED) is 0.334. The number of aromatic carboxylic acids is 1. The van der Waals surface area contributed by atoms with Crippen molar-refractivity contribution in [2.24, 2.45) is 0 Å². The number of fused-ring (bicyclic) bond motifs is 1. The second-order valence-corrected chi connectivity index (χ2v) is 8.45. The van der Waals surface area contributed by atoms with Crippen LogP contribution in [0, 0.1) is 0 Å². The van der Waals surface area contributed by atoms with Gasteiger partial charge in [0.15, 0.2) is 0 Å². The van der Waals surface area contributed by atoms with Crippen LogP contribution in [-0.2, 0) is 19.6 Å². The molecular formula is C24H20BrClN2O2. The highest BCUT2D eigenvalue weighted by atomic mass is 79.9. The van der Waals surface area contributed by atoms with Gasteiger partial charge in [0.1, 0.15) is 5.69 Å². The molecule has 0 radical (unpaired) electrons. The Balaban J connectivity index is 1.68. The van der Waals surface area contributed by atoms with E-state index < -0.39 is 5.97 Å². The maximum Gasteiger partial charge on any atom is 0.352 e. The molecule has 0 aliphatic carbocycles. The predicted octanol–water partition coefficient (Wildman–Crippen LogP) is 6.09. The lowest BCUT2D eigenvalue weighted by Gasteiger charge is -2.10. The van der Waals surface area contributed by atoms with Crippen LogP contribution in [0.3, 0.4) is 0 Å². The molecule has 6 heteroatoms. The summed E-state index contributed by atoms with van der Waals surface area (Å²) in [4.78, 5) is 12.3. The molecule has 0 fully saturated rings. The Bertz CT molecular complexity index is 1200. The minimum absolute atomic E-state index is 0.313. The van der Waals surface area contributed by atoms with E-state index in [1.807, 2.05) is 71.3 Å². The van der Waals surface area contributed by atoms with Crippen molar-refractivity contribution in [3.8, 4) is 0 Å². The molecule has 0 saturated carbocycles. The highest BCUT2D eigenvalue weighted by Crippen LogP contribution is 2.28. The molecule has 2 N–H and O–H groups in total. The summed E-state index contributed by atoms with van der Waals surface area (Å²) in [6.45, 7) is 1.57. The standard InChI is InChI=1S/C24H20BrClN2O2/c25-18-5-3-4-17(12-18)13-27-14-21-20-6-1-2-7-22(20)28(23(21)24(29)30)15-16-8-10-19(26)11-9-16/h1-12,27H,13-15H2,(H,29,30). The SMILES string of the molecule is O=C(O)c1c(CNCc2cccc(Br)c2)c2ccccc2n1Cc1ccc(Cl)cc1. The van der Waals surface area contributed by atoms with E-state index in [4.69, 9.17) is 11.6 Å². The summed E-state index contributed by atoms with van der Waals surface area (Å²) in [5.74, 6) is -0.931. The zero-order chi connectivity index (χ0) is 21.1. The lowest BCUT2D eigenvalue weighted by atomic mass is 10.1. The number of benzene rings is 3. The molecule has 0 aliphatic rings. The lowest BCUT2D eigenvalue weighted by Crippen LogP contribution is -2.17. The number of hydrogen-bond acceptors (Lipinski definition) is 2. The van der Waals surface area contributed by atoms with E-state index in [1.165, 1.54) is 0 Å². The number of nitrogens with zero attached hydrogens (tertiary/aromatic N) is 1. The topological polar surface area (TPSA) is 54.3 Å². The number of halogens is 2. The Hall–Kier alpha value is -2.60. The number of carbonyl (C=O) groups is 1. The van der Waals surface area contributed by atoms with Gasteiger partial charge in [0, 0.05) is 45.6 Å². The Morgan fingerprint density at radius 2 is 1.73 bits per heavy atom. The van der Waals surface area contributed by atoms with Crippen LogP contribution < -0.4 is 5.32 Å². The number of aromatic nitrogens is 1. The minimum Gasteiger partial charge on any atom is -0.477 e. The molecule has 4 rings (SSSR count). The first-order chi connectivity index (χ1) is 14.5. The molecule has 0 saturated heterocycles. The van der Waals surface area contributed by atoms with Gasteiger partial charge in [0.2, 0.25) is 0 Å². The molecule has 3 aromatic carbocycles. The molecule has 152 valence electrons. The molecule has 0 amide bonds. The first-order valence-corrected chi connectivity index (χ1v) is 10.7. The number of carboxylic acid groups (broad SMARTS) is 1. The molecule has 30 heavy (non-hydrogen) atoms. The van der Waals surface area contributed by atoms with E-state index in [0.717, 1.165) is 32.1 Å². The smallest absolute Gasteiger partial charge is 0.352 e. The first-order valence-electron chi connectivity index (χ1n) is 9.56. The molecule has 0 aliphatic heterocycles. The van der Waals surface area contributed by atoms with Crippen molar-refractivity contribution in [2.75, 3.05) is 0 Å². The second-order valence-electron chi connectivity index (χ2n) is 7.10. The summed E-state index contributed by atoms with van der Waals surface area (Å²) in [6, 6.07) is 23.4. The van der Waals surface area contributed by atoms with E-state index in [0.29, 0.717) is 30.4 Å². The van der Waals surface area contributed by atoms with Crippen molar-refractivity contribution in [3.63, 3.8) is 0 Å². The zero-order valence-electron chi connectivity index (χ0n) is 16.1. The maximum atomic E-state index is 12.3. The lowest BCUT2D eigenvalue weighted by molar-refractivity contribution is 0.0685. The summed E-state index contributed by atoms with van der Waals surface area (Å²) >= 11 is 9.49. The molecule has 1 heterocycles. The van der Waals surface area contributed by atoms with E-state index >= 15 is 0 Å². The van der Waals surface area contributed by atoms with Gasteiger partial charge in [-0.2, -0.15) is 0 Å². The Kier molecular flexibility index (Phi) is 6.23. The Labute approximate surface area is 188 Å². The van der Waals surface area contributed by atoms with Gasteiger partial charge in [0.05, 0.1) is 0 Å². The summed E-state index contributed by atoms with van der Waals surface area (Å²) in [5.41, 5.74) is 4.14. The van der Waals surface area contributed by atoms with Crippen molar-refractivity contribution >= 4 is 44.4 Å². The summed E-state index contributed by atoms with van der Waals surface area (Å²) in [6.07, 6.45) is 0. The van der Waals surface area contributed by atoms with Gasteiger partial charge < -0.3 is 15.0 Å². The minimum atomic E-state index is -0.931. The summed E-state index contributed by atoms with van der Waals surface area (Å²) < 4.78 is 2.89. The number of hydrogen-bond donors (Lipinski definition) is 2. The van der Waals surface area contributed by atoms with E-state index in [1.54, 1.807) is 0 Å². The van der Waals surface area contributed by atoms with Gasteiger partial charge in [-0.05, 0) is 41.5 Å². The molecule has 0 spiro atoms. The van der Waals surface area contributed by atoms with Gasteiger partial charge in [0.25, 0.3) is 0 Å². The summed E-state index contributed by atoms with van der Waals surface area (Å²) in [5, 5.41) is 15.1. The Morgan fingerprint density at radius 3 is 2.47 bits per heavy atom. The fraction of sp³-hybridized carbons (Fsp3) is 0.125. The van der Waals surface area contributed by atoms with Crippen LogP contribution >= 0.6 is 27.5 Å². The van der Waals surface area contributed by atoms with Crippen molar-refractivity contribution in [1.82, 2.24) is 9.88 Å². The third kappa shape index (κ3) is 4.43. The zero-order valence-corrected chi connectivity index (χ0v) is 18.5. The van der Waals surface area contributed by atoms with Crippen LogP contribution in [0.4, 0.5) is 0 Å². The van der Waals surface area contributed by atoms with E-state index in [9.17, 15) is 9.90 Å². The van der Waals surface area contributed by atoms with Gasteiger partial charge in [-0.3, -0.25) is 0 Å². The van der Waals surface area contributed by atoms with Crippen LogP contribution in [0.5, 0.6) is 0 Å². The highest BCUT2D eigenvalue weighted by Gasteiger charge is 2.22. The fourth-order valence-electron chi connectivity index (χ4n) is 3.71. The molecule has 0 bridgehead atoms. The molecular weight excluding hydrogens is 464 g/mol. The third-order valence-corrected chi connectivity index (χ3v) is 5.80. The fourth-order valence-corrected chi connectivity index (χ4v) is 4.29. The molecule has 0 unspecified atom stereocenters. The van der Waals surface area contributed by atoms with Crippen molar-refractivity contribution in [3.05, 3.63) is 105 Å².